The minimum absolute atomic E-state index is 0.796. The van der Waals surface area contributed by atoms with Crippen molar-refractivity contribution in [3.05, 3.63) is 82.3 Å². The number of rotatable bonds is 6. The molecule has 1 N–H and O–H groups in total. The number of likely N-dealkylation sites (tertiary alicyclic amines) is 1. The Kier molecular flexibility index (Phi) is 6.44. The Hall–Kier alpha value is -2.72. The molecule has 0 radical (unpaired) electrons. The maximum Gasteiger partial charge on any atom is 0.137 e. The van der Waals surface area contributed by atoms with Gasteiger partial charge < -0.3 is 5.32 Å². The number of anilines is 2. The highest BCUT2D eigenvalue weighted by Gasteiger charge is 2.13. The van der Waals surface area contributed by atoms with Crippen molar-refractivity contribution >= 4 is 11.5 Å². The summed E-state index contributed by atoms with van der Waals surface area (Å²) in [5.74, 6) is 1.70. The summed E-state index contributed by atoms with van der Waals surface area (Å²) >= 11 is 0. The van der Waals surface area contributed by atoms with Gasteiger partial charge in [0.15, 0.2) is 0 Å². The minimum Gasteiger partial charge on any atom is -0.340 e. The summed E-state index contributed by atoms with van der Waals surface area (Å²) in [6, 6.07) is 17.5. The lowest BCUT2D eigenvalue weighted by atomic mass is 10.0. The van der Waals surface area contributed by atoms with E-state index in [1.807, 2.05) is 6.92 Å². The van der Waals surface area contributed by atoms with Crippen molar-refractivity contribution in [3.63, 3.8) is 0 Å². The molecule has 0 bridgehead atoms. The summed E-state index contributed by atoms with van der Waals surface area (Å²) in [5, 5.41) is 3.55. The van der Waals surface area contributed by atoms with Crippen molar-refractivity contribution in [1.82, 2.24) is 14.9 Å². The minimum atomic E-state index is 0.796. The van der Waals surface area contributed by atoms with E-state index in [2.05, 4.69) is 77.6 Å². The highest BCUT2D eigenvalue weighted by Crippen LogP contribution is 2.25. The zero-order valence-corrected chi connectivity index (χ0v) is 18.4. The molecule has 4 nitrogen and oxygen atoms in total. The van der Waals surface area contributed by atoms with E-state index in [1.165, 1.54) is 49.0 Å². The summed E-state index contributed by atoms with van der Waals surface area (Å²) in [5.41, 5.74) is 7.18. The molecule has 4 heteroatoms. The van der Waals surface area contributed by atoms with Crippen LogP contribution in [-0.4, -0.2) is 28.0 Å². The fourth-order valence-electron chi connectivity index (χ4n) is 4.17. The molecule has 3 aromatic rings. The van der Waals surface area contributed by atoms with Crippen molar-refractivity contribution in [3.8, 4) is 0 Å². The summed E-state index contributed by atoms with van der Waals surface area (Å²) in [7, 11) is 0. The van der Waals surface area contributed by atoms with Crippen LogP contribution in [0.25, 0.3) is 0 Å². The molecule has 1 saturated heterocycles. The van der Waals surface area contributed by atoms with Crippen LogP contribution in [0.1, 0.15) is 53.0 Å². The molecular formula is C26H32N4. The Morgan fingerprint density at radius 3 is 2.17 bits per heavy atom. The van der Waals surface area contributed by atoms with Gasteiger partial charge in [-0.15, -0.1) is 0 Å². The Morgan fingerprint density at radius 1 is 0.800 bits per heavy atom. The highest BCUT2D eigenvalue weighted by molar-refractivity contribution is 5.61. The highest BCUT2D eigenvalue weighted by atomic mass is 15.1. The van der Waals surface area contributed by atoms with Gasteiger partial charge in [-0.25, -0.2) is 9.97 Å². The second-order valence-corrected chi connectivity index (χ2v) is 8.50. The Labute approximate surface area is 180 Å². The molecule has 0 aliphatic carbocycles. The molecule has 2 heterocycles. The van der Waals surface area contributed by atoms with Crippen LogP contribution in [0.5, 0.6) is 0 Å². The van der Waals surface area contributed by atoms with E-state index in [1.54, 1.807) is 0 Å². The molecule has 1 aliphatic heterocycles. The third-order valence-corrected chi connectivity index (χ3v) is 5.90. The average molecular weight is 401 g/mol. The SMILES string of the molecule is Cc1ccc(Cc2c(C)nc(C)nc2Nc2ccc(CN3CCCCC3)cc2)cc1. The number of nitrogens with one attached hydrogen (secondary N) is 1. The Bertz CT molecular complexity index is 971. The average Bonchev–Trinajstić information content (AvgIpc) is 2.74. The van der Waals surface area contributed by atoms with Crippen molar-refractivity contribution < 1.29 is 0 Å². The van der Waals surface area contributed by atoms with E-state index >= 15 is 0 Å². The lowest BCUT2D eigenvalue weighted by Crippen LogP contribution is -2.29. The molecule has 0 saturated carbocycles. The van der Waals surface area contributed by atoms with Crippen LogP contribution in [0.3, 0.4) is 0 Å². The third kappa shape index (κ3) is 5.25. The molecule has 4 rings (SSSR count). The van der Waals surface area contributed by atoms with Crippen LogP contribution >= 0.6 is 0 Å². The van der Waals surface area contributed by atoms with Gasteiger partial charge in [0.1, 0.15) is 11.6 Å². The zero-order valence-electron chi connectivity index (χ0n) is 18.4. The van der Waals surface area contributed by atoms with Gasteiger partial charge in [-0.05, 0) is 70.0 Å². The number of aryl methyl sites for hydroxylation is 3. The monoisotopic (exact) mass is 400 g/mol. The van der Waals surface area contributed by atoms with Gasteiger partial charge in [0, 0.05) is 29.9 Å². The lowest BCUT2D eigenvalue weighted by Gasteiger charge is -2.26. The second kappa shape index (κ2) is 9.40. The van der Waals surface area contributed by atoms with Gasteiger partial charge in [-0.1, -0.05) is 48.4 Å². The molecule has 2 aromatic carbocycles. The molecule has 0 spiro atoms. The van der Waals surface area contributed by atoms with Gasteiger partial charge in [0.25, 0.3) is 0 Å². The van der Waals surface area contributed by atoms with Crippen LogP contribution in [0.4, 0.5) is 11.5 Å². The van der Waals surface area contributed by atoms with Crippen molar-refractivity contribution in [2.24, 2.45) is 0 Å². The van der Waals surface area contributed by atoms with Crippen LogP contribution in [0.15, 0.2) is 48.5 Å². The summed E-state index contributed by atoms with van der Waals surface area (Å²) in [6.45, 7) is 9.64. The fraction of sp³-hybridized carbons (Fsp3) is 0.385. The van der Waals surface area contributed by atoms with Crippen LogP contribution in [0.2, 0.25) is 0 Å². The normalized spacial score (nSPS) is 14.6. The largest absolute Gasteiger partial charge is 0.340 e. The predicted octanol–water partition coefficient (Wildman–Crippen LogP) is 5.72. The first-order valence-electron chi connectivity index (χ1n) is 11.0. The quantitative estimate of drug-likeness (QED) is 0.574. The van der Waals surface area contributed by atoms with E-state index in [9.17, 15) is 0 Å². The number of aromatic nitrogens is 2. The number of hydrogen-bond donors (Lipinski definition) is 1. The van der Waals surface area contributed by atoms with E-state index in [0.717, 1.165) is 41.6 Å². The summed E-state index contributed by atoms with van der Waals surface area (Å²) in [4.78, 5) is 11.9. The third-order valence-electron chi connectivity index (χ3n) is 5.90. The molecule has 1 aliphatic rings. The van der Waals surface area contributed by atoms with Gasteiger partial charge in [0.2, 0.25) is 0 Å². The molecule has 0 atom stereocenters. The predicted molar refractivity (Wildman–Crippen MR) is 124 cm³/mol. The van der Waals surface area contributed by atoms with E-state index in [0.29, 0.717) is 0 Å². The number of benzene rings is 2. The standard InChI is InChI=1S/C26H32N4/c1-19-7-9-22(10-8-19)17-25-20(2)27-21(3)28-26(25)29-24-13-11-23(12-14-24)18-30-15-5-4-6-16-30/h7-14H,4-6,15-18H2,1-3H3,(H,27,28,29). The molecular weight excluding hydrogens is 368 g/mol. The molecule has 1 fully saturated rings. The summed E-state index contributed by atoms with van der Waals surface area (Å²) in [6.07, 6.45) is 4.86. The number of piperidine rings is 1. The first-order valence-corrected chi connectivity index (χ1v) is 11.0. The molecule has 0 unspecified atom stereocenters. The number of nitrogens with zero attached hydrogens (tertiary/aromatic N) is 3. The van der Waals surface area contributed by atoms with Crippen molar-refractivity contribution in [2.45, 2.75) is 53.0 Å². The van der Waals surface area contributed by atoms with Crippen LogP contribution < -0.4 is 5.32 Å². The van der Waals surface area contributed by atoms with Gasteiger partial charge >= 0.3 is 0 Å². The Balaban J connectivity index is 1.51. The lowest BCUT2D eigenvalue weighted by molar-refractivity contribution is 0.221. The van der Waals surface area contributed by atoms with Gasteiger partial charge in [-0.3, -0.25) is 4.90 Å². The van der Waals surface area contributed by atoms with E-state index in [4.69, 9.17) is 4.98 Å². The molecule has 156 valence electrons. The van der Waals surface area contributed by atoms with E-state index in [-0.39, 0.29) is 0 Å². The maximum atomic E-state index is 4.73. The zero-order chi connectivity index (χ0) is 20.9. The fourth-order valence-corrected chi connectivity index (χ4v) is 4.17. The van der Waals surface area contributed by atoms with E-state index < -0.39 is 0 Å². The molecule has 1 aromatic heterocycles. The molecule has 30 heavy (non-hydrogen) atoms. The Morgan fingerprint density at radius 2 is 1.47 bits per heavy atom. The molecule has 0 amide bonds. The second-order valence-electron chi connectivity index (χ2n) is 8.50. The van der Waals surface area contributed by atoms with Crippen LogP contribution in [0, 0.1) is 20.8 Å². The first kappa shape index (κ1) is 20.5. The van der Waals surface area contributed by atoms with Crippen molar-refractivity contribution in [2.75, 3.05) is 18.4 Å². The van der Waals surface area contributed by atoms with Crippen LogP contribution in [-0.2, 0) is 13.0 Å². The van der Waals surface area contributed by atoms with Crippen molar-refractivity contribution in [1.29, 1.82) is 0 Å². The summed E-state index contributed by atoms with van der Waals surface area (Å²) < 4.78 is 0. The van der Waals surface area contributed by atoms with Gasteiger partial charge in [-0.2, -0.15) is 0 Å². The topological polar surface area (TPSA) is 41.1 Å². The smallest absolute Gasteiger partial charge is 0.137 e. The number of hydrogen-bond acceptors (Lipinski definition) is 4. The maximum absolute atomic E-state index is 4.73. The van der Waals surface area contributed by atoms with Gasteiger partial charge in [0.05, 0.1) is 0 Å². The first-order chi connectivity index (χ1) is 14.6.